The van der Waals surface area contributed by atoms with Crippen LogP contribution in [0.1, 0.15) is 17.2 Å². The highest BCUT2D eigenvalue weighted by molar-refractivity contribution is 5.45. The summed E-state index contributed by atoms with van der Waals surface area (Å²) in [7, 11) is 0. The second-order valence-corrected chi connectivity index (χ2v) is 4.24. The normalized spacial score (nSPS) is 17.6. The molecule has 1 atom stereocenters. The van der Waals surface area contributed by atoms with Crippen LogP contribution in [0.5, 0.6) is 0 Å². The number of rotatable bonds is 2. The van der Waals surface area contributed by atoms with Crippen LogP contribution in [0, 0.1) is 0 Å². The number of nitrogen functional groups attached to an aromatic ring is 1. The summed E-state index contributed by atoms with van der Waals surface area (Å²) in [6.07, 6.45) is 7.49. The average Bonchev–Trinajstić information content (AvgIpc) is 2.83. The van der Waals surface area contributed by atoms with E-state index in [1.165, 1.54) is 11.3 Å². The first-order valence-electron chi connectivity index (χ1n) is 5.52. The predicted octanol–water partition coefficient (Wildman–Crippen LogP) is 2.88. The van der Waals surface area contributed by atoms with Gasteiger partial charge in [0.1, 0.15) is 0 Å². The van der Waals surface area contributed by atoms with Crippen LogP contribution < -0.4 is 5.73 Å². The highest BCUT2D eigenvalue weighted by Gasteiger charge is 2.16. The molecule has 2 heteroatoms. The summed E-state index contributed by atoms with van der Waals surface area (Å²) in [5.74, 6) is 0.483. The van der Waals surface area contributed by atoms with E-state index < -0.39 is 0 Å². The lowest BCUT2D eigenvalue weighted by Gasteiger charge is -2.09. The van der Waals surface area contributed by atoms with Crippen molar-refractivity contribution < 1.29 is 0 Å². The molecule has 1 unspecified atom stereocenters. The molecule has 0 spiro atoms. The molecular weight excluding hydrogens is 196 g/mol. The fourth-order valence-corrected chi connectivity index (χ4v) is 2.30. The number of nitrogens with zero attached hydrogens (tertiary/aromatic N) is 1. The average molecular weight is 210 g/mol. The standard InChI is InChI=1S/C14H14N2/c15-13-4-1-3-11(10-13)9-12-6-8-16-7-2-5-14(12)16/h1-8,10,12H,9,15H2. The lowest BCUT2D eigenvalue weighted by atomic mass is 9.97. The molecule has 0 amide bonds. The van der Waals surface area contributed by atoms with E-state index in [-0.39, 0.29) is 0 Å². The van der Waals surface area contributed by atoms with Crippen molar-refractivity contribution in [2.75, 3.05) is 5.73 Å². The minimum absolute atomic E-state index is 0.483. The number of hydrogen-bond donors (Lipinski definition) is 1. The molecule has 0 bridgehead atoms. The van der Waals surface area contributed by atoms with Crippen LogP contribution in [0.4, 0.5) is 5.69 Å². The smallest absolute Gasteiger partial charge is 0.0316 e. The van der Waals surface area contributed by atoms with E-state index in [2.05, 4.69) is 47.3 Å². The van der Waals surface area contributed by atoms with E-state index in [0.717, 1.165) is 12.1 Å². The van der Waals surface area contributed by atoms with E-state index in [4.69, 9.17) is 5.73 Å². The predicted molar refractivity (Wildman–Crippen MR) is 67.1 cm³/mol. The van der Waals surface area contributed by atoms with Gasteiger partial charge in [-0.1, -0.05) is 18.2 Å². The topological polar surface area (TPSA) is 30.9 Å². The fraction of sp³-hybridized carbons (Fsp3) is 0.143. The zero-order chi connectivity index (χ0) is 11.0. The Morgan fingerprint density at radius 2 is 2.12 bits per heavy atom. The zero-order valence-electron chi connectivity index (χ0n) is 9.01. The summed E-state index contributed by atoms with van der Waals surface area (Å²) in [6.45, 7) is 0. The molecule has 2 N–H and O–H groups in total. The number of fused-ring (bicyclic) bond motifs is 1. The molecule has 1 aromatic heterocycles. The Kier molecular flexibility index (Phi) is 2.07. The van der Waals surface area contributed by atoms with Crippen LogP contribution in [-0.4, -0.2) is 4.57 Å². The molecule has 1 aliphatic rings. The van der Waals surface area contributed by atoms with Gasteiger partial charge >= 0.3 is 0 Å². The zero-order valence-corrected chi connectivity index (χ0v) is 9.01. The molecule has 0 aliphatic carbocycles. The van der Waals surface area contributed by atoms with Gasteiger partial charge in [-0.15, -0.1) is 0 Å². The maximum absolute atomic E-state index is 5.78. The van der Waals surface area contributed by atoms with Crippen LogP contribution in [0.15, 0.2) is 48.7 Å². The Labute approximate surface area is 95.0 Å². The van der Waals surface area contributed by atoms with Crippen LogP contribution >= 0.6 is 0 Å². The Hall–Kier alpha value is -1.96. The summed E-state index contributed by atoms with van der Waals surface area (Å²) in [5, 5.41) is 0. The van der Waals surface area contributed by atoms with Crippen molar-refractivity contribution in [3.8, 4) is 0 Å². The second-order valence-electron chi connectivity index (χ2n) is 4.24. The summed E-state index contributed by atoms with van der Waals surface area (Å²) in [5.41, 5.74) is 9.29. The third kappa shape index (κ3) is 1.52. The molecule has 2 heterocycles. The number of benzene rings is 1. The number of allylic oxidation sites excluding steroid dienone is 1. The maximum Gasteiger partial charge on any atom is 0.0316 e. The Balaban J connectivity index is 1.85. The van der Waals surface area contributed by atoms with Crippen molar-refractivity contribution in [1.29, 1.82) is 0 Å². The summed E-state index contributed by atoms with van der Waals surface area (Å²) in [6, 6.07) is 12.4. The van der Waals surface area contributed by atoms with Crippen molar-refractivity contribution >= 4 is 11.9 Å². The van der Waals surface area contributed by atoms with E-state index in [1.54, 1.807) is 0 Å². The largest absolute Gasteiger partial charge is 0.399 e. The van der Waals surface area contributed by atoms with Gasteiger partial charge < -0.3 is 10.3 Å². The molecule has 0 saturated carbocycles. The molecule has 2 nitrogen and oxygen atoms in total. The quantitative estimate of drug-likeness (QED) is 0.759. The lowest BCUT2D eigenvalue weighted by Crippen LogP contribution is -1.99. The van der Waals surface area contributed by atoms with Gasteiger partial charge in [0.25, 0.3) is 0 Å². The Morgan fingerprint density at radius 3 is 3.00 bits per heavy atom. The van der Waals surface area contributed by atoms with Gasteiger partial charge in [-0.25, -0.2) is 0 Å². The first-order valence-corrected chi connectivity index (χ1v) is 5.52. The van der Waals surface area contributed by atoms with E-state index in [1.807, 2.05) is 12.1 Å². The molecular formula is C14H14N2. The van der Waals surface area contributed by atoms with Gasteiger partial charge in [0, 0.05) is 29.7 Å². The second kappa shape index (κ2) is 3.56. The molecule has 1 aliphatic heterocycles. The number of nitrogens with two attached hydrogens (primary N) is 1. The highest BCUT2D eigenvalue weighted by atomic mass is 15.0. The lowest BCUT2D eigenvalue weighted by molar-refractivity contribution is 0.819. The van der Waals surface area contributed by atoms with Gasteiger partial charge in [-0.3, -0.25) is 0 Å². The minimum atomic E-state index is 0.483. The highest BCUT2D eigenvalue weighted by Crippen LogP contribution is 2.28. The van der Waals surface area contributed by atoms with Gasteiger partial charge in [-0.05, 0) is 36.2 Å². The molecule has 80 valence electrons. The summed E-state index contributed by atoms with van der Waals surface area (Å²) >= 11 is 0. The number of anilines is 1. The first-order chi connectivity index (χ1) is 7.83. The van der Waals surface area contributed by atoms with Crippen molar-refractivity contribution in [2.24, 2.45) is 0 Å². The van der Waals surface area contributed by atoms with Crippen molar-refractivity contribution in [2.45, 2.75) is 12.3 Å². The van der Waals surface area contributed by atoms with E-state index in [9.17, 15) is 0 Å². The monoisotopic (exact) mass is 210 g/mol. The van der Waals surface area contributed by atoms with Crippen LogP contribution in [0.3, 0.4) is 0 Å². The molecule has 2 aromatic rings. The summed E-state index contributed by atoms with van der Waals surface area (Å²) in [4.78, 5) is 0. The van der Waals surface area contributed by atoms with Gasteiger partial charge in [0.2, 0.25) is 0 Å². The van der Waals surface area contributed by atoms with E-state index in [0.29, 0.717) is 5.92 Å². The minimum Gasteiger partial charge on any atom is -0.399 e. The van der Waals surface area contributed by atoms with E-state index >= 15 is 0 Å². The molecule has 1 aromatic carbocycles. The van der Waals surface area contributed by atoms with Gasteiger partial charge in [0.15, 0.2) is 0 Å². The SMILES string of the molecule is Nc1cccc(CC2C=Cn3cccc32)c1. The third-order valence-corrected chi connectivity index (χ3v) is 3.08. The maximum atomic E-state index is 5.78. The molecule has 3 rings (SSSR count). The van der Waals surface area contributed by atoms with Gasteiger partial charge in [-0.2, -0.15) is 0 Å². The van der Waals surface area contributed by atoms with Gasteiger partial charge in [0.05, 0.1) is 0 Å². The van der Waals surface area contributed by atoms with Crippen molar-refractivity contribution in [3.05, 3.63) is 59.9 Å². The number of aromatic nitrogens is 1. The summed E-state index contributed by atoms with van der Waals surface area (Å²) < 4.78 is 2.18. The van der Waals surface area contributed by atoms with Crippen molar-refractivity contribution in [3.63, 3.8) is 0 Å². The molecule has 16 heavy (non-hydrogen) atoms. The van der Waals surface area contributed by atoms with Crippen LogP contribution in [-0.2, 0) is 6.42 Å². The molecule has 0 saturated heterocycles. The molecule has 0 radical (unpaired) electrons. The Bertz CT molecular complexity index is 537. The third-order valence-electron chi connectivity index (χ3n) is 3.08. The fourth-order valence-electron chi connectivity index (χ4n) is 2.30. The molecule has 0 fully saturated rings. The van der Waals surface area contributed by atoms with Crippen LogP contribution in [0.25, 0.3) is 6.20 Å². The van der Waals surface area contributed by atoms with Crippen molar-refractivity contribution in [1.82, 2.24) is 4.57 Å². The van der Waals surface area contributed by atoms with Crippen LogP contribution in [0.2, 0.25) is 0 Å². The Morgan fingerprint density at radius 1 is 1.19 bits per heavy atom. The number of hydrogen-bond acceptors (Lipinski definition) is 1. The first kappa shape index (κ1) is 9.28.